The fourth-order valence-electron chi connectivity index (χ4n) is 2.68. The summed E-state index contributed by atoms with van der Waals surface area (Å²) in [6.07, 6.45) is 3.41. The lowest BCUT2D eigenvalue weighted by Gasteiger charge is -2.36. The molecular formula is C15H17BrClNO3. The molecular weight excluding hydrogens is 358 g/mol. The van der Waals surface area contributed by atoms with E-state index in [0.717, 1.165) is 23.7 Å². The Balaban J connectivity index is 2.16. The zero-order valence-corrected chi connectivity index (χ0v) is 13.9. The molecule has 0 spiro atoms. The summed E-state index contributed by atoms with van der Waals surface area (Å²) in [6.45, 7) is 0.662. The average molecular weight is 375 g/mol. The number of carboxylic acids is 1. The molecule has 114 valence electrons. The Hall–Kier alpha value is -1.07. The Bertz CT molecular complexity index is 550. The lowest BCUT2D eigenvalue weighted by atomic mass is 9.97. The van der Waals surface area contributed by atoms with E-state index in [4.69, 9.17) is 16.7 Å². The van der Waals surface area contributed by atoms with Gasteiger partial charge in [0.05, 0.1) is 10.6 Å². The first kappa shape index (κ1) is 16.3. The first-order chi connectivity index (χ1) is 9.99. The smallest absolute Gasteiger partial charge is 0.303 e. The maximum absolute atomic E-state index is 12.7. The highest BCUT2D eigenvalue weighted by molar-refractivity contribution is 9.10. The highest BCUT2D eigenvalue weighted by atomic mass is 79.9. The Morgan fingerprint density at radius 3 is 2.81 bits per heavy atom. The van der Waals surface area contributed by atoms with Crippen LogP contribution in [0, 0.1) is 0 Å². The van der Waals surface area contributed by atoms with Crippen molar-refractivity contribution in [1.82, 2.24) is 4.90 Å². The van der Waals surface area contributed by atoms with Crippen molar-refractivity contribution < 1.29 is 14.7 Å². The lowest BCUT2D eigenvalue weighted by Crippen LogP contribution is -2.44. The van der Waals surface area contributed by atoms with Crippen LogP contribution < -0.4 is 0 Å². The van der Waals surface area contributed by atoms with Gasteiger partial charge in [0, 0.05) is 23.5 Å². The van der Waals surface area contributed by atoms with Crippen LogP contribution in [0.4, 0.5) is 0 Å². The number of nitrogens with zero attached hydrogens (tertiary/aromatic N) is 1. The van der Waals surface area contributed by atoms with E-state index in [2.05, 4.69) is 15.9 Å². The minimum absolute atomic E-state index is 0.0120. The zero-order valence-electron chi connectivity index (χ0n) is 11.5. The molecule has 0 aliphatic carbocycles. The molecule has 21 heavy (non-hydrogen) atoms. The van der Waals surface area contributed by atoms with Gasteiger partial charge in [-0.2, -0.15) is 0 Å². The van der Waals surface area contributed by atoms with E-state index in [1.165, 1.54) is 0 Å². The number of halogens is 2. The topological polar surface area (TPSA) is 57.6 Å². The summed E-state index contributed by atoms with van der Waals surface area (Å²) >= 11 is 9.47. The van der Waals surface area contributed by atoms with Crippen molar-refractivity contribution in [2.75, 3.05) is 6.54 Å². The van der Waals surface area contributed by atoms with E-state index in [0.29, 0.717) is 23.6 Å². The van der Waals surface area contributed by atoms with Crippen molar-refractivity contribution in [3.8, 4) is 0 Å². The van der Waals surface area contributed by atoms with E-state index >= 15 is 0 Å². The van der Waals surface area contributed by atoms with Gasteiger partial charge in [0.25, 0.3) is 5.91 Å². The third kappa shape index (κ3) is 4.20. The Morgan fingerprint density at radius 2 is 2.14 bits per heavy atom. The molecule has 1 aromatic rings. The molecule has 1 unspecified atom stereocenters. The van der Waals surface area contributed by atoms with Gasteiger partial charge in [-0.1, -0.05) is 27.5 Å². The molecule has 1 N–H and O–H groups in total. The van der Waals surface area contributed by atoms with Crippen molar-refractivity contribution in [3.63, 3.8) is 0 Å². The molecule has 1 fully saturated rings. The third-order valence-corrected chi connectivity index (χ3v) is 4.55. The summed E-state index contributed by atoms with van der Waals surface area (Å²) in [5.41, 5.74) is 0.474. The van der Waals surface area contributed by atoms with Crippen LogP contribution in [0.5, 0.6) is 0 Å². The quantitative estimate of drug-likeness (QED) is 0.868. The Labute approximate surface area is 137 Å². The molecule has 6 heteroatoms. The van der Waals surface area contributed by atoms with Gasteiger partial charge in [0.2, 0.25) is 0 Å². The van der Waals surface area contributed by atoms with Crippen LogP contribution in [0.2, 0.25) is 5.02 Å². The maximum Gasteiger partial charge on any atom is 0.303 e. The second-order valence-electron chi connectivity index (χ2n) is 5.20. The van der Waals surface area contributed by atoms with E-state index in [-0.39, 0.29) is 18.4 Å². The molecule has 1 aliphatic rings. The average Bonchev–Trinajstić information content (AvgIpc) is 2.45. The van der Waals surface area contributed by atoms with Gasteiger partial charge in [-0.05, 0) is 43.9 Å². The van der Waals surface area contributed by atoms with Gasteiger partial charge < -0.3 is 10.0 Å². The predicted octanol–water partition coefficient (Wildman–Crippen LogP) is 3.96. The number of carbonyl (C=O) groups excluding carboxylic acids is 1. The second-order valence-corrected chi connectivity index (χ2v) is 6.53. The summed E-state index contributed by atoms with van der Waals surface area (Å²) in [5.74, 6) is -0.933. The van der Waals surface area contributed by atoms with Gasteiger partial charge in [-0.25, -0.2) is 0 Å². The Morgan fingerprint density at radius 1 is 1.38 bits per heavy atom. The standard InChI is InChI=1S/C15H17BrClNO3/c16-10-4-6-12(13(17)9-10)15(21)18-8-2-1-3-11(18)5-7-14(19)20/h4,6,9,11H,1-3,5,7-8H2,(H,19,20). The fourth-order valence-corrected chi connectivity index (χ4v) is 3.43. The number of likely N-dealkylation sites (tertiary alicyclic amines) is 1. The summed E-state index contributed by atoms with van der Waals surface area (Å²) in [5, 5.41) is 9.24. The number of hydrogen-bond donors (Lipinski definition) is 1. The van der Waals surface area contributed by atoms with Crippen molar-refractivity contribution in [2.45, 2.75) is 38.1 Å². The first-order valence-corrected chi connectivity index (χ1v) is 8.14. The fraction of sp³-hybridized carbons (Fsp3) is 0.467. The molecule has 4 nitrogen and oxygen atoms in total. The largest absolute Gasteiger partial charge is 0.481 e. The molecule has 2 rings (SSSR count). The van der Waals surface area contributed by atoms with Gasteiger partial charge in [-0.3, -0.25) is 9.59 Å². The van der Waals surface area contributed by atoms with Crippen molar-refractivity contribution in [2.24, 2.45) is 0 Å². The first-order valence-electron chi connectivity index (χ1n) is 6.97. The van der Waals surface area contributed by atoms with E-state index in [9.17, 15) is 9.59 Å². The maximum atomic E-state index is 12.7. The minimum atomic E-state index is -0.824. The molecule has 1 saturated heterocycles. The van der Waals surface area contributed by atoms with Crippen LogP contribution in [0.1, 0.15) is 42.5 Å². The summed E-state index contributed by atoms with van der Waals surface area (Å²) in [6, 6.07) is 5.18. The molecule has 1 heterocycles. The predicted molar refractivity (Wildman–Crippen MR) is 84.7 cm³/mol. The van der Waals surface area contributed by atoms with Crippen LogP contribution in [0.25, 0.3) is 0 Å². The van der Waals surface area contributed by atoms with Gasteiger partial charge in [0.1, 0.15) is 0 Å². The Kier molecular flexibility index (Phi) is 5.65. The second kappa shape index (κ2) is 7.27. The monoisotopic (exact) mass is 373 g/mol. The normalized spacial score (nSPS) is 18.6. The summed E-state index contributed by atoms with van der Waals surface area (Å²) in [4.78, 5) is 25.2. The van der Waals surface area contributed by atoms with Crippen molar-refractivity contribution in [1.29, 1.82) is 0 Å². The molecule has 0 bridgehead atoms. The van der Waals surface area contributed by atoms with E-state index in [1.807, 2.05) is 0 Å². The van der Waals surface area contributed by atoms with Gasteiger partial charge >= 0.3 is 5.97 Å². The van der Waals surface area contributed by atoms with Crippen molar-refractivity contribution in [3.05, 3.63) is 33.3 Å². The van der Waals surface area contributed by atoms with Crippen LogP contribution in [0.15, 0.2) is 22.7 Å². The number of carboxylic acid groups (broad SMARTS) is 1. The number of aliphatic carboxylic acids is 1. The highest BCUT2D eigenvalue weighted by Crippen LogP contribution is 2.27. The number of rotatable bonds is 4. The number of amides is 1. The highest BCUT2D eigenvalue weighted by Gasteiger charge is 2.28. The lowest BCUT2D eigenvalue weighted by molar-refractivity contribution is -0.137. The van der Waals surface area contributed by atoms with Crippen LogP contribution in [0.3, 0.4) is 0 Å². The molecule has 0 radical (unpaired) electrons. The number of carbonyl (C=O) groups is 2. The minimum Gasteiger partial charge on any atom is -0.481 e. The molecule has 1 amide bonds. The van der Waals surface area contributed by atoms with Crippen molar-refractivity contribution >= 4 is 39.4 Å². The number of piperidine rings is 1. The van der Waals surface area contributed by atoms with E-state index < -0.39 is 5.97 Å². The zero-order chi connectivity index (χ0) is 15.4. The van der Waals surface area contributed by atoms with Gasteiger partial charge in [-0.15, -0.1) is 0 Å². The SMILES string of the molecule is O=C(O)CCC1CCCCN1C(=O)c1ccc(Br)cc1Cl. The van der Waals surface area contributed by atoms with Crippen LogP contribution in [-0.2, 0) is 4.79 Å². The van der Waals surface area contributed by atoms with Crippen LogP contribution >= 0.6 is 27.5 Å². The molecule has 1 aliphatic heterocycles. The third-order valence-electron chi connectivity index (χ3n) is 3.74. The molecule has 0 saturated carbocycles. The number of hydrogen-bond acceptors (Lipinski definition) is 2. The van der Waals surface area contributed by atoms with Gasteiger partial charge in [0.15, 0.2) is 0 Å². The molecule has 0 aromatic heterocycles. The summed E-state index contributed by atoms with van der Waals surface area (Å²) < 4.78 is 0.824. The van der Waals surface area contributed by atoms with E-state index in [1.54, 1.807) is 23.1 Å². The summed E-state index contributed by atoms with van der Waals surface area (Å²) in [7, 11) is 0. The number of benzene rings is 1. The van der Waals surface area contributed by atoms with Crippen LogP contribution in [-0.4, -0.2) is 34.5 Å². The molecule has 1 atom stereocenters. The molecule has 1 aromatic carbocycles.